The zero-order valence-electron chi connectivity index (χ0n) is 9.62. The topological polar surface area (TPSA) is 35.2 Å². The van der Waals surface area contributed by atoms with Crippen LogP contribution in [0.4, 0.5) is 0 Å². The standard InChI is InChI=1S/C12H19NO.ClH/c1-4-5-12(13)11-7-6-10(14-3)8-9(11)2;/h6-8,12H,4-5,13H2,1-3H3;1H/t12-;/m0./s1. The molecule has 1 aromatic rings. The van der Waals surface area contributed by atoms with Gasteiger partial charge in [-0.05, 0) is 36.6 Å². The van der Waals surface area contributed by atoms with Gasteiger partial charge in [0.25, 0.3) is 0 Å². The minimum atomic E-state index is 0. The molecule has 1 atom stereocenters. The van der Waals surface area contributed by atoms with Crippen LogP contribution in [0.5, 0.6) is 5.75 Å². The number of rotatable bonds is 4. The molecule has 1 rings (SSSR count). The summed E-state index contributed by atoms with van der Waals surface area (Å²) in [5.41, 5.74) is 8.50. The van der Waals surface area contributed by atoms with Gasteiger partial charge in [0, 0.05) is 6.04 Å². The highest BCUT2D eigenvalue weighted by Crippen LogP contribution is 2.23. The summed E-state index contributed by atoms with van der Waals surface area (Å²) in [4.78, 5) is 0. The fraction of sp³-hybridized carbons (Fsp3) is 0.500. The molecule has 0 heterocycles. The second-order valence-electron chi connectivity index (χ2n) is 3.62. The molecule has 0 aliphatic rings. The predicted octanol–water partition coefficient (Wildman–Crippen LogP) is 3.23. The first-order valence-corrected chi connectivity index (χ1v) is 5.09. The second kappa shape index (κ2) is 6.70. The smallest absolute Gasteiger partial charge is 0.119 e. The van der Waals surface area contributed by atoms with Crippen molar-refractivity contribution in [2.75, 3.05) is 7.11 Å². The third kappa shape index (κ3) is 3.73. The molecule has 0 saturated heterocycles. The predicted molar refractivity (Wildman–Crippen MR) is 66.8 cm³/mol. The Bertz CT molecular complexity index is 302. The molecule has 0 fully saturated rings. The number of aryl methyl sites for hydroxylation is 1. The van der Waals surface area contributed by atoms with E-state index in [-0.39, 0.29) is 18.4 Å². The van der Waals surface area contributed by atoms with Crippen LogP contribution in [0, 0.1) is 6.92 Å². The summed E-state index contributed by atoms with van der Waals surface area (Å²) in [5, 5.41) is 0. The van der Waals surface area contributed by atoms with Gasteiger partial charge in [-0.3, -0.25) is 0 Å². The molecule has 3 heteroatoms. The van der Waals surface area contributed by atoms with Gasteiger partial charge >= 0.3 is 0 Å². The molecule has 0 unspecified atom stereocenters. The third-order valence-corrected chi connectivity index (χ3v) is 2.48. The van der Waals surface area contributed by atoms with Crippen molar-refractivity contribution < 1.29 is 4.74 Å². The van der Waals surface area contributed by atoms with Gasteiger partial charge in [-0.15, -0.1) is 12.4 Å². The Morgan fingerprint density at radius 1 is 1.40 bits per heavy atom. The van der Waals surface area contributed by atoms with Gasteiger partial charge in [0.2, 0.25) is 0 Å². The summed E-state index contributed by atoms with van der Waals surface area (Å²) in [6.45, 7) is 4.23. The molecule has 2 nitrogen and oxygen atoms in total. The van der Waals surface area contributed by atoms with Crippen molar-refractivity contribution >= 4 is 12.4 Å². The molecule has 0 saturated carbocycles. The Balaban J connectivity index is 0.00000196. The van der Waals surface area contributed by atoms with Gasteiger partial charge in [0.15, 0.2) is 0 Å². The van der Waals surface area contributed by atoms with Crippen LogP contribution in [0.25, 0.3) is 0 Å². The molecular weight excluding hydrogens is 210 g/mol. The summed E-state index contributed by atoms with van der Waals surface area (Å²) in [6, 6.07) is 6.22. The largest absolute Gasteiger partial charge is 0.497 e. The highest BCUT2D eigenvalue weighted by molar-refractivity contribution is 5.85. The highest BCUT2D eigenvalue weighted by atomic mass is 35.5. The molecule has 0 aromatic heterocycles. The molecule has 0 bridgehead atoms. The summed E-state index contributed by atoms with van der Waals surface area (Å²) >= 11 is 0. The summed E-state index contributed by atoms with van der Waals surface area (Å²) in [7, 11) is 1.68. The molecule has 0 aliphatic carbocycles. The fourth-order valence-electron chi connectivity index (χ4n) is 1.66. The zero-order valence-corrected chi connectivity index (χ0v) is 10.4. The van der Waals surface area contributed by atoms with E-state index < -0.39 is 0 Å². The first kappa shape index (κ1) is 14.3. The van der Waals surface area contributed by atoms with Crippen LogP contribution < -0.4 is 10.5 Å². The zero-order chi connectivity index (χ0) is 10.6. The first-order valence-electron chi connectivity index (χ1n) is 5.09. The van der Waals surface area contributed by atoms with Crippen molar-refractivity contribution in [1.29, 1.82) is 0 Å². The van der Waals surface area contributed by atoms with E-state index in [9.17, 15) is 0 Å². The first-order chi connectivity index (χ1) is 6.69. The lowest BCUT2D eigenvalue weighted by Gasteiger charge is -2.14. The number of hydrogen-bond donors (Lipinski definition) is 1. The fourth-order valence-corrected chi connectivity index (χ4v) is 1.66. The lowest BCUT2D eigenvalue weighted by Crippen LogP contribution is -2.11. The maximum absolute atomic E-state index is 6.06. The molecule has 15 heavy (non-hydrogen) atoms. The number of benzene rings is 1. The minimum Gasteiger partial charge on any atom is -0.497 e. The Morgan fingerprint density at radius 3 is 2.53 bits per heavy atom. The highest BCUT2D eigenvalue weighted by Gasteiger charge is 2.08. The molecule has 0 aliphatic heterocycles. The molecule has 0 spiro atoms. The van der Waals surface area contributed by atoms with Crippen molar-refractivity contribution in [2.45, 2.75) is 32.7 Å². The SMILES string of the molecule is CCC[C@H](N)c1ccc(OC)cc1C.Cl. The van der Waals surface area contributed by atoms with Crippen molar-refractivity contribution in [2.24, 2.45) is 5.73 Å². The molecule has 86 valence electrons. The minimum absolute atomic E-state index is 0. The number of nitrogens with two attached hydrogens (primary N) is 1. The Kier molecular flexibility index (Phi) is 6.37. The van der Waals surface area contributed by atoms with Crippen LogP contribution in [0.1, 0.15) is 36.9 Å². The van der Waals surface area contributed by atoms with Crippen LogP contribution in [0.15, 0.2) is 18.2 Å². The van der Waals surface area contributed by atoms with Crippen molar-refractivity contribution in [3.05, 3.63) is 29.3 Å². The third-order valence-electron chi connectivity index (χ3n) is 2.48. The normalized spacial score (nSPS) is 11.7. The van der Waals surface area contributed by atoms with Gasteiger partial charge in [-0.1, -0.05) is 19.4 Å². The number of ether oxygens (including phenoxy) is 1. The van der Waals surface area contributed by atoms with Gasteiger partial charge in [0.05, 0.1) is 7.11 Å². The van der Waals surface area contributed by atoms with Crippen LogP contribution in [0.2, 0.25) is 0 Å². The monoisotopic (exact) mass is 229 g/mol. The average molecular weight is 230 g/mol. The maximum atomic E-state index is 6.06. The van der Waals surface area contributed by atoms with Crippen LogP contribution in [0.3, 0.4) is 0 Å². The molecular formula is C12H20ClNO. The van der Waals surface area contributed by atoms with E-state index in [4.69, 9.17) is 10.5 Å². The van der Waals surface area contributed by atoms with Crippen molar-refractivity contribution in [3.8, 4) is 5.75 Å². The van der Waals surface area contributed by atoms with E-state index in [1.807, 2.05) is 12.1 Å². The number of hydrogen-bond acceptors (Lipinski definition) is 2. The summed E-state index contributed by atoms with van der Waals surface area (Å²) in [5.74, 6) is 0.898. The van der Waals surface area contributed by atoms with Gasteiger partial charge < -0.3 is 10.5 Å². The summed E-state index contributed by atoms with van der Waals surface area (Å²) < 4.78 is 5.15. The van der Waals surface area contributed by atoms with Crippen LogP contribution in [-0.2, 0) is 0 Å². The van der Waals surface area contributed by atoms with Gasteiger partial charge in [-0.2, -0.15) is 0 Å². The van der Waals surface area contributed by atoms with E-state index in [1.165, 1.54) is 11.1 Å². The molecule has 0 amide bonds. The van der Waals surface area contributed by atoms with Gasteiger partial charge in [0.1, 0.15) is 5.75 Å². The van der Waals surface area contributed by atoms with Crippen molar-refractivity contribution in [3.63, 3.8) is 0 Å². The van der Waals surface area contributed by atoms with E-state index in [2.05, 4.69) is 19.9 Å². The quantitative estimate of drug-likeness (QED) is 0.861. The van der Waals surface area contributed by atoms with Gasteiger partial charge in [-0.25, -0.2) is 0 Å². The van der Waals surface area contributed by atoms with Crippen LogP contribution >= 0.6 is 12.4 Å². The second-order valence-corrected chi connectivity index (χ2v) is 3.62. The average Bonchev–Trinajstić information content (AvgIpc) is 2.17. The molecule has 1 aromatic carbocycles. The van der Waals surface area contributed by atoms with E-state index in [0.29, 0.717) is 0 Å². The lowest BCUT2D eigenvalue weighted by molar-refractivity contribution is 0.414. The van der Waals surface area contributed by atoms with E-state index in [1.54, 1.807) is 7.11 Å². The Morgan fingerprint density at radius 2 is 2.07 bits per heavy atom. The van der Waals surface area contributed by atoms with Crippen LogP contribution in [-0.4, -0.2) is 7.11 Å². The Labute approximate surface area is 98.2 Å². The lowest BCUT2D eigenvalue weighted by atomic mass is 9.98. The maximum Gasteiger partial charge on any atom is 0.119 e. The van der Waals surface area contributed by atoms with Crippen molar-refractivity contribution in [1.82, 2.24) is 0 Å². The summed E-state index contributed by atoms with van der Waals surface area (Å²) in [6.07, 6.45) is 2.15. The number of halogens is 1. The number of methoxy groups -OCH3 is 1. The molecule has 2 N–H and O–H groups in total. The van der Waals surface area contributed by atoms with E-state index in [0.717, 1.165) is 18.6 Å². The molecule has 0 radical (unpaired) electrons. The van der Waals surface area contributed by atoms with E-state index >= 15 is 0 Å². The Hall–Kier alpha value is -0.730.